The zero-order valence-electron chi connectivity index (χ0n) is 9.28. The molecule has 1 saturated heterocycles. The molecule has 0 spiro atoms. The lowest BCUT2D eigenvalue weighted by molar-refractivity contribution is -0.126. The maximum atomic E-state index is 13.7. The van der Waals surface area contributed by atoms with Crippen LogP contribution in [0, 0.1) is 5.82 Å². The van der Waals surface area contributed by atoms with Crippen molar-refractivity contribution >= 4 is 29.2 Å². The Morgan fingerprint density at radius 2 is 2.11 bits per heavy atom. The van der Waals surface area contributed by atoms with Gasteiger partial charge in [-0.05, 0) is 6.07 Å². The van der Waals surface area contributed by atoms with Gasteiger partial charge in [-0.25, -0.2) is 14.6 Å². The number of phenols is 1. The Balaban J connectivity index is 2.35. The van der Waals surface area contributed by atoms with Crippen LogP contribution in [0.3, 0.4) is 0 Å². The van der Waals surface area contributed by atoms with Gasteiger partial charge in [0.2, 0.25) is 0 Å². The van der Waals surface area contributed by atoms with Gasteiger partial charge in [0.25, 0.3) is 5.91 Å². The summed E-state index contributed by atoms with van der Waals surface area (Å²) < 4.78 is 13.7. The average Bonchev–Trinajstić information content (AvgIpc) is 2.30. The summed E-state index contributed by atoms with van der Waals surface area (Å²) >= 11 is 5.53. The van der Waals surface area contributed by atoms with Gasteiger partial charge < -0.3 is 5.11 Å². The third-order valence-corrected chi connectivity index (χ3v) is 2.81. The van der Waals surface area contributed by atoms with E-state index in [2.05, 4.69) is 5.43 Å². The number of hydrogen-bond acceptors (Lipinski definition) is 4. The summed E-state index contributed by atoms with van der Waals surface area (Å²) in [4.78, 5) is 23.7. The monoisotopic (exact) mass is 273 g/mol. The number of carbonyl (C=O) groups is 2. The van der Waals surface area contributed by atoms with Crippen molar-refractivity contribution in [3.8, 4) is 5.75 Å². The molecule has 1 aliphatic rings. The highest BCUT2D eigenvalue weighted by Gasteiger charge is 2.29. The van der Waals surface area contributed by atoms with E-state index in [1.54, 1.807) is 0 Å². The smallest absolute Gasteiger partial charge is 0.342 e. The Morgan fingerprint density at radius 3 is 2.72 bits per heavy atom. The van der Waals surface area contributed by atoms with Crippen LogP contribution in [-0.4, -0.2) is 35.5 Å². The van der Waals surface area contributed by atoms with Crippen molar-refractivity contribution in [2.45, 2.75) is 0 Å². The van der Waals surface area contributed by atoms with E-state index >= 15 is 0 Å². The number of nitrogens with one attached hydrogen (secondary N) is 1. The highest BCUT2D eigenvalue weighted by Crippen LogP contribution is 2.31. The van der Waals surface area contributed by atoms with Crippen LogP contribution in [0.25, 0.3) is 0 Å². The van der Waals surface area contributed by atoms with Crippen LogP contribution in [0.1, 0.15) is 0 Å². The summed E-state index contributed by atoms with van der Waals surface area (Å²) in [5, 5.41) is 10.3. The first-order chi connectivity index (χ1) is 8.40. The molecule has 1 aromatic carbocycles. The number of benzene rings is 1. The zero-order valence-corrected chi connectivity index (χ0v) is 10.0. The minimum atomic E-state index is -0.754. The lowest BCUT2D eigenvalue weighted by Gasteiger charge is -2.33. The topological polar surface area (TPSA) is 72.9 Å². The summed E-state index contributed by atoms with van der Waals surface area (Å²) in [5.74, 6) is -1.59. The van der Waals surface area contributed by atoms with Crippen LogP contribution >= 0.6 is 11.6 Å². The maximum Gasteiger partial charge on any atom is 0.342 e. The van der Waals surface area contributed by atoms with Gasteiger partial charge in [0, 0.05) is 13.1 Å². The van der Waals surface area contributed by atoms with E-state index in [9.17, 15) is 19.1 Å². The number of likely N-dealkylation sites (N-methyl/N-ethyl adjacent to an activating group) is 1. The number of carbonyl (C=O) groups excluding carboxylic acids is 2. The first kappa shape index (κ1) is 12.4. The molecule has 1 heterocycles. The van der Waals surface area contributed by atoms with Crippen LogP contribution in [0.15, 0.2) is 12.1 Å². The average molecular weight is 274 g/mol. The minimum Gasteiger partial charge on any atom is -0.506 e. The van der Waals surface area contributed by atoms with Gasteiger partial charge in [-0.15, -0.1) is 0 Å². The van der Waals surface area contributed by atoms with Crippen molar-refractivity contribution in [3.63, 3.8) is 0 Å². The molecular weight excluding hydrogens is 265 g/mol. The van der Waals surface area contributed by atoms with E-state index in [1.165, 1.54) is 7.05 Å². The number of imide groups is 1. The van der Waals surface area contributed by atoms with Gasteiger partial charge in [-0.3, -0.25) is 14.7 Å². The Hall–Kier alpha value is -2.02. The number of urea groups is 1. The van der Waals surface area contributed by atoms with Gasteiger partial charge in [-0.2, -0.15) is 0 Å². The van der Waals surface area contributed by atoms with Gasteiger partial charge in [-0.1, -0.05) is 11.6 Å². The summed E-state index contributed by atoms with van der Waals surface area (Å²) in [6, 6.07) is 1.26. The largest absolute Gasteiger partial charge is 0.506 e. The quantitative estimate of drug-likeness (QED) is 0.803. The Morgan fingerprint density at radius 1 is 1.44 bits per heavy atom. The van der Waals surface area contributed by atoms with Crippen LogP contribution in [0.4, 0.5) is 14.9 Å². The first-order valence-electron chi connectivity index (χ1n) is 4.93. The summed E-state index contributed by atoms with van der Waals surface area (Å²) in [6.45, 7) is -0.236. The number of hydrazine groups is 1. The molecule has 0 saturated carbocycles. The standard InChI is InChI=1S/C10H9ClFN3O3/c1-14-9(17)4-15(13-10(14)18)7-3-8(16)5(11)2-6(7)12/h2-3,16H,4H2,1H3,(H,13,18). The molecule has 1 fully saturated rings. The highest BCUT2D eigenvalue weighted by atomic mass is 35.5. The third-order valence-electron chi connectivity index (χ3n) is 2.51. The van der Waals surface area contributed by atoms with Gasteiger partial charge in [0.15, 0.2) is 0 Å². The van der Waals surface area contributed by atoms with Crippen LogP contribution in [0.2, 0.25) is 5.02 Å². The van der Waals surface area contributed by atoms with E-state index in [4.69, 9.17) is 11.6 Å². The summed E-state index contributed by atoms with van der Waals surface area (Å²) in [6.07, 6.45) is 0. The molecule has 0 aliphatic carbocycles. The molecule has 96 valence electrons. The molecular formula is C10H9ClFN3O3. The summed E-state index contributed by atoms with van der Waals surface area (Å²) in [7, 11) is 1.31. The molecule has 2 N–H and O–H groups in total. The second-order valence-electron chi connectivity index (χ2n) is 3.71. The third kappa shape index (κ3) is 2.04. The van der Waals surface area contributed by atoms with E-state index < -0.39 is 17.8 Å². The van der Waals surface area contributed by atoms with Crippen molar-refractivity contribution < 1.29 is 19.1 Å². The molecule has 3 amide bonds. The molecule has 0 atom stereocenters. The first-order valence-corrected chi connectivity index (χ1v) is 5.30. The number of halogens is 2. The van der Waals surface area contributed by atoms with Gasteiger partial charge in [0.1, 0.15) is 18.1 Å². The maximum absolute atomic E-state index is 13.7. The Labute approximate surface area is 107 Å². The second-order valence-corrected chi connectivity index (χ2v) is 4.12. The lowest BCUT2D eigenvalue weighted by Crippen LogP contribution is -2.59. The molecule has 1 aromatic rings. The molecule has 0 bridgehead atoms. The van der Waals surface area contributed by atoms with E-state index in [0.29, 0.717) is 0 Å². The van der Waals surface area contributed by atoms with Crippen molar-refractivity contribution in [3.05, 3.63) is 23.0 Å². The summed E-state index contributed by atoms with van der Waals surface area (Å²) in [5.41, 5.74) is 2.17. The molecule has 0 unspecified atom stereocenters. The molecule has 6 nitrogen and oxygen atoms in total. The van der Waals surface area contributed by atoms with E-state index in [1.807, 2.05) is 0 Å². The number of nitrogens with zero attached hydrogens (tertiary/aromatic N) is 2. The van der Waals surface area contributed by atoms with Crippen molar-refractivity contribution in [2.24, 2.45) is 0 Å². The van der Waals surface area contributed by atoms with Crippen LogP contribution in [-0.2, 0) is 4.79 Å². The number of anilines is 1. The molecule has 2 rings (SSSR count). The molecule has 1 aliphatic heterocycles. The fourth-order valence-electron chi connectivity index (χ4n) is 1.46. The van der Waals surface area contributed by atoms with E-state index in [-0.39, 0.29) is 23.0 Å². The Bertz CT molecular complexity index is 519. The van der Waals surface area contributed by atoms with Gasteiger partial charge in [0.05, 0.1) is 10.7 Å². The fourth-order valence-corrected chi connectivity index (χ4v) is 1.61. The minimum absolute atomic E-state index is 0.133. The second kappa shape index (κ2) is 4.34. The van der Waals surface area contributed by atoms with Crippen LogP contribution in [0.5, 0.6) is 5.75 Å². The van der Waals surface area contributed by atoms with Crippen molar-refractivity contribution in [1.82, 2.24) is 10.3 Å². The molecule has 0 aromatic heterocycles. The van der Waals surface area contributed by atoms with Gasteiger partial charge >= 0.3 is 6.03 Å². The molecule has 8 heteroatoms. The van der Waals surface area contributed by atoms with E-state index in [0.717, 1.165) is 22.0 Å². The lowest BCUT2D eigenvalue weighted by atomic mass is 10.2. The SMILES string of the molecule is CN1C(=O)CN(c2cc(O)c(Cl)cc2F)NC1=O. The fraction of sp³-hybridized carbons (Fsp3) is 0.200. The van der Waals surface area contributed by atoms with Crippen molar-refractivity contribution in [1.29, 1.82) is 0 Å². The highest BCUT2D eigenvalue weighted by molar-refractivity contribution is 6.32. The molecule has 18 heavy (non-hydrogen) atoms. The predicted molar refractivity (Wildman–Crippen MR) is 61.7 cm³/mol. The molecule has 0 radical (unpaired) electrons. The predicted octanol–water partition coefficient (Wildman–Crippen LogP) is 1.09. The normalized spacial score (nSPS) is 15.9. The Kier molecular flexibility index (Phi) is 3.00. The number of amides is 3. The zero-order chi connectivity index (χ0) is 13.4. The number of rotatable bonds is 1. The number of phenolic OH excluding ortho intramolecular Hbond substituents is 1. The number of hydrogen-bond donors (Lipinski definition) is 2. The van der Waals surface area contributed by atoms with Crippen molar-refractivity contribution in [2.75, 3.05) is 18.6 Å². The number of aromatic hydroxyl groups is 1. The van der Waals surface area contributed by atoms with Crippen LogP contribution < -0.4 is 10.4 Å².